The summed E-state index contributed by atoms with van der Waals surface area (Å²) >= 11 is 0. The van der Waals surface area contributed by atoms with Crippen LogP contribution in [0.5, 0.6) is 0 Å². The zero-order valence-corrected chi connectivity index (χ0v) is 17.3. The summed E-state index contributed by atoms with van der Waals surface area (Å²) in [5, 5.41) is 0. The van der Waals surface area contributed by atoms with Gasteiger partial charge in [0, 0.05) is 0 Å². The van der Waals surface area contributed by atoms with Crippen molar-refractivity contribution >= 4 is 59.2 Å². The first-order valence-electron chi connectivity index (χ1n) is 8.79. The van der Waals surface area contributed by atoms with Crippen LogP contribution in [0.2, 0.25) is 0 Å². The van der Waals surface area contributed by atoms with Crippen molar-refractivity contribution in [3.63, 3.8) is 0 Å². The molecule has 0 aromatic heterocycles. The number of hydrogen-bond donors (Lipinski definition) is 2. The molecule has 0 radical (unpaired) electrons. The topological polar surface area (TPSA) is 66.8 Å². The van der Waals surface area contributed by atoms with E-state index in [-0.39, 0.29) is 69.3 Å². The molecule has 0 aliphatic rings. The standard InChI is InChI=1S/C18H39O4P.K.H/c1-14(11-17(3,4)5)9-10-16(13-22-23(19,20)21)15(2)12-18(6,7)8;;/h14-16H,9-13H2,1-8H3,(H2,19,20,21);;. The van der Waals surface area contributed by atoms with E-state index in [0.717, 1.165) is 25.7 Å². The van der Waals surface area contributed by atoms with Gasteiger partial charge in [0.05, 0.1) is 6.61 Å². The van der Waals surface area contributed by atoms with Gasteiger partial charge < -0.3 is 9.79 Å². The Balaban J connectivity index is 0. The van der Waals surface area contributed by atoms with Crippen molar-refractivity contribution in [3.05, 3.63) is 0 Å². The van der Waals surface area contributed by atoms with E-state index in [4.69, 9.17) is 14.3 Å². The van der Waals surface area contributed by atoms with Crippen molar-refractivity contribution in [2.75, 3.05) is 6.61 Å². The molecule has 0 amide bonds. The second kappa shape index (κ2) is 11.6. The van der Waals surface area contributed by atoms with Crippen LogP contribution in [-0.4, -0.2) is 67.8 Å². The van der Waals surface area contributed by atoms with Crippen molar-refractivity contribution in [3.8, 4) is 0 Å². The first kappa shape index (κ1) is 28.0. The van der Waals surface area contributed by atoms with E-state index in [1.807, 2.05) is 0 Å². The van der Waals surface area contributed by atoms with E-state index in [9.17, 15) is 4.57 Å². The van der Waals surface area contributed by atoms with E-state index >= 15 is 0 Å². The Morgan fingerprint density at radius 2 is 1.38 bits per heavy atom. The molecule has 0 aromatic rings. The molecule has 0 heterocycles. The molecule has 142 valence electrons. The van der Waals surface area contributed by atoms with E-state index in [1.54, 1.807) is 0 Å². The third-order valence-electron chi connectivity index (χ3n) is 4.19. The van der Waals surface area contributed by atoms with Crippen LogP contribution in [0.3, 0.4) is 0 Å². The average molecular weight is 391 g/mol. The van der Waals surface area contributed by atoms with Gasteiger partial charge in [-0.3, -0.25) is 4.52 Å². The fourth-order valence-electron chi connectivity index (χ4n) is 3.50. The molecule has 0 bridgehead atoms. The minimum absolute atomic E-state index is 0. The van der Waals surface area contributed by atoms with Gasteiger partial charge in [0.15, 0.2) is 0 Å². The van der Waals surface area contributed by atoms with Crippen LogP contribution < -0.4 is 0 Å². The Bertz CT molecular complexity index is 381. The summed E-state index contributed by atoms with van der Waals surface area (Å²) in [6, 6.07) is 0. The monoisotopic (exact) mass is 390 g/mol. The molecule has 3 atom stereocenters. The van der Waals surface area contributed by atoms with Crippen LogP contribution in [0.4, 0.5) is 0 Å². The van der Waals surface area contributed by atoms with Crippen molar-refractivity contribution in [2.45, 2.75) is 81.1 Å². The molecule has 0 saturated carbocycles. The Labute approximate surface area is 192 Å². The quantitative estimate of drug-likeness (QED) is 0.430. The molecule has 4 nitrogen and oxygen atoms in total. The molecule has 3 unspecified atom stereocenters. The summed E-state index contributed by atoms with van der Waals surface area (Å²) in [6.07, 6.45) is 4.21. The van der Waals surface area contributed by atoms with Crippen molar-refractivity contribution in [1.82, 2.24) is 0 Å². The molecule has 0 aliphatic carbocycles. The van der Waals surface area contributed by atoms with Gasteiger partial charge in [-0.25, -0.2) is 4.57 Å². The Kier molecular flexibility index (Phi) is 13.5. The predicted octanol–water partition coefficient (Wildman–Crippen LogP) is 4.99. The molecule has 2 N–H and O–H groups in total. The van der Waals surface area contributed by atoms with Gasteiger partial charge in [0.25, 0.3) is 0 Å². The fraction of sp³-hybridized carbons (Fsp3) is 1.00. The van der Waals surface area contributed by atoms with Crippen LogP contribution >= 0.6 is 7.82 Å². The van der Waals surface area contributed by atoms with Crippen LogP contribution in [0, 0.1) is 28.6 Å². The third kappa shape index (κ3) is 17.2. The van der Waals surface area contributed by atoms with Crippen LogP contribution in [0.25, 0.3) is 0 Å². The van der Waals surface area contributed by atoms with Crippen LogP contribution in [0.15, 0.2) is 0 Å². The second-order valence-corrected chi connectivity index (χ2v) is 11.0. The predicted molar refractivity (Wildman–Crippen MR) is 104 cm³/mol. The Morgan fingerprint density at radius 3 is 1.75 bits per heavy atom. The average Bonchev–Trinajstić information content (AvgIpc) is 2.21. The van der Waals surface area contributed by atoms with E-state index in [1.165, 1.54) is 0 Å². The van der Waals surface area contributed by atoms with E-state index in [0.29, 0.717) is 17.3 Å². The second-order valence-electron chi connectivity index (χ2n) is 9.74. The number of hydrogen-bond acceptors (Lipinski definition) is 2. The van der Waals surface area contributed by atoms with Gasteiger partial charge in [-0.15, -0.1) is 0 Å². The number of rotatable bonds is 9. The van der Waals surface area contributed by atoms with Crippen LogP contribution in [0.1, 0.15) is 81.1 Å². The van der Waals surface area contributed by atoms with Crippen molar-refractivity contribution in [2.24, 2.45) is 28.6 Å². The SMILES string of the molecule is CC(CCC(COP(=O)(O)O)C(C)CC(C)(C)C)CC(C)(C)C.[KH]. The third-order valence-corrected chi connectivity index (χ3v) is 4.67. The number of phosphoric acid groups is 1. The molecule has 0 rings (SSSR count). The molecule has 0 fully saturated rings. The molecule has 6 heteroatoms. The fourth-order valence-corrected chi connectivity index (χ4v) is 3.89. The summed E-state index contributed by atoms with van der Waals surface area (Å²) in [5.41, 5.74) is 0.519. The molecule has 24 heavy (non-hydrogen) atoms. The van der Waals surface area contributed by atoms with Crippen LogP contribution in [-0.2, 0) is 9.09 Å². The van der Waals surface area contributed by atoms with Gasteiger partial charge in [0.1, 0.15) is 0 Å². The molecular formula is C18H40KO4P. The summed E-state index contributed by atoms with van der Waals surface area (Å²) in [7, 11) is -4.39. The van der Waals surface area contributed by atoms with Gasteiger partial charge in [-0.05, 0) is 47.8 Å². The van der Waals surface area contributed by atoms with Crippen molar-refractivity contribution in [1.29, 1.82) is 0 Å². The summed E-state index contributed by atoms with van der Waals surface area (Å²) in [5.74, 6) is 1.17. The first-order chi connectivity index (χ1) is 10.1. The molecule has 0 spiro atoms. The normalized spacial score (nSPS) is 17.1. The molecule has 0 aromatic carbocycles. The van der Waals surface area contributed by atoms with E-state index in [2.05, 4.69) is 55.4 Å². The van der Waals surface area contributed by atoms with Gasteiger partial charge in [0.2, 0.25) is 0 Å². The Morgan fingerprint density at radius 1 is 0.917 bits per heavy atom. The van der Waals surface area contributed by atoms with Gasteiger partial charge in [-0.1, -0.05) is 61.8 Å². The molecular weight excluding hydrogens is 350 g/mol. The zero-order valence-electron chi connectivity index (χ0n) is 16.4. The maximum atomic E-state index is 11.0. The van der Waals surface area contributed by atoms with Crippen molar-refractivity contribution < 1.29 is 18.9 Å². The minimum atomic E-state index is -4.39. The van der Waals surface area contributed by atoms with Gasteiger partial charge in [-0.2, -0.15) is 0 Å². The van der Waals surface area contributed by atoms with E-state index < -0.39 is 7.82 Å². The van der Waals surface area contributed by atoms with Gasteiger partial charge >= 0.3 is 59.2 Å². The zero-order chi connectivity index (χ0) is 18.5. The summed E-state index contributed by atoms with van der Waals surface area (Å²) in [4.78, 5) is 18.0. The molecule has 0 aliphatic heterocycles. The first-order valence-corrected chi connectivity index (χ1v) is 10.3. The molecule has 0 saturated heterocycles. The number of phosphoric ester groups is 1. The summed E-state index contributed by atoms with van der Waals surface area (Å²) < 4.78 is 15.9. The maximum absolute atomic E-state index is 11.0. The Hall–Kier alpha value is 1.75. The summed E-state index contributed by atoms with van der Waals surface area (Å²) in [6.45, 7) is 17.9.